The van der Waals surface area contributed by atoms with Crippen molar-refractivity contribution in [3.05, 3.63) is 34.9 Å². The number of piperidine rings is 1. The number of nitrogens with one attached hydrogen (secondary N) is 1. The molecule has 1 heterocycles. The number of carbonyl (C=O) groups is 2. The van der Waals surface area contributed by atoms with Crippen molar-refractivity contribution in [2.24, 2.45) is 0 Å². The van der Waals surface area contributed by atoms with Crippen molar-refractivity contribution in [3.63, 3.8) is 0 Å². The molecule has 0 aromatic heterocycles. The first-order valence-electron chi connectivity index (χ1n) is 7.95. The number of rotatable bonds is 3. The van der Waals surface area contributed by atoms with Crippen LogP contribution >= 0.6 is 11.6 Å². The second kappa shape index (κ2) is 6.40. The van der Waals surface area contributed by atoms with Crippen LogP contribution in [-0.4, -0.2) is 43.1 Å². The molecule has 1 saturated heterocycles. The second-order valence-corrected chi connectivity index (χ2v) is 6.73. The topological polar surface area (TPSA) is 58.6 Å². The number of amides is 2. The van der Waals surface area contributed by atoms with E-state index in [4.69, 9.17) is 16.3 Å². The van der Waals surface area contributed by atoms with Crippen LogP contribution in [0.5, 0.6) is 0 Å². The third-order valence-corrected chi connectivity index (χ3v) is 5.06. The van der Waals surface area contributed by atoms with Gasteiger partial charge in [-0.1, -0.05) is 23.7 Å². The molecule has 0 unspecified atom stereocenters. The molecule has 5 nitrogen and oxygen atoms in total. The van der Waals surface area contributed by atoms with E-state index in [2.05, 4.69) is 5.32 Å². The first-order valence-corrected chi connectivity index (χ1v) is 8.33. The van der Waals surface area contributed by atoms with Crippen LogP contribution in [0.15, 0.2) is 24.3 Å². The fourth-order valence-electron chi connectivity index (χ4n) is 3.22. The molecule has 2 fully saturated rings. The maximum atomic E-state index is 12.7. The first-order chi connectivity index (χ1) is 11.0. The van der Waals surface area contributed by atoms with Gasteiger partial charge in [-0.15, -0.1) is 0 Å². The summed E-state index contributed by atoms with van der Waals surface area (Å²) in [5, 5.41) is 3.82. The summed E-state index contributed by atoms with van der Waals surface area (Å²) >= 11 is 6.05. The van der Waals surface area contributed by atoms with Gasteiger partial charge >= 0.3 is 6.09 Å². The van der Waals surface area contributed by atoms with Crippen molar-refractivity contribution >= 4 is 23.6 Å². The van der Waals surface area contributed by atoms with Gasteiger partial charge < -0.3 is 15.0 Å². The lowest BCUT2D eigenvalue weighted by Gasteiger charge is -2.32. The van der Waals surface area contributed by atoms with E-state index >= 15 is 0 Å². The zero-order chi connectivity index (χ0) is 16.4. The van der Waals surface area contributed by atoms with Crippen molar-refractivity contribution in [2.75, 3.05) is 20.2 Å². The van der Waals surface area contributed by atoms with Crippen molar-refractivity contribution in [1.82, 2.24) is 10.2 Å². The molecule has 0 atom stereocenters. The Morgan fingerprint density at radius 2 is 2.00 bits per heavy atom. The SMILES string of the molecule is COC(=O)N1CCC(NC(=O)C2(c3cccc(Cl)c3)CC2)CC1. The Morgan fingerprint density at radius 1 is 1.30 bits per heavy atom. The van der Waals surface area contributed by atoms with Crippen molar-refractivity contribution in [1.29, 1.82) is 0 Å². The summed E-state index contributed by atoms with van der Waals surface area (Å²) < 4.78 is 4.73. The molecular weight excluding hydrogens is 316 g/mol. The maximum Gasteiger partial charge on any atom is 0.409 e. The number of benzene rings is 1. The smallest absolute Gasteiger partial charge is 0.409 e. The van der Waals surface area contributed by atoms with E-state index in [0.717, 1.165) is 31.2 Å². The number of hydrogen-bond acceptors (Lipinski definition) is 3. The number of nitrogens with zero attached hydrogens (tertiary/aromatic N) is 1. The minimum Gasteiger partial charge on any atom is -0.453 e. The van der Waals surface area contributed by atoms with E-state index in [1.807, 2.05) is 24.3 Å². The molecule has 1 aromatic rings. The van der Waals surface area contributed by atoms with Gasteiger partial charge in [-0.25, -0.2) is 4.79 Å². The van der Waals surface area contributed by atoms with Gasteiger partial charge in [0.15, 0.2) is 0 Å². The summed E-state index contributed by atoms with van der Waals surface area (Å²) in [4.78, 5) is 25.9. The fraction of sp³-hybridized carbons (Fsp3) is 0.529. The summed E-state index contributed by atoms with van der Waals surface area (Å²) in [6, 6.07) is 7.67. The Kier molecular flexibility index (Phi) is 4.48. The number of ether oxygens (including phenoxy) is 1. The molecule has 6 heteroatoms. The van der Waals surface area contributed by atoms with Crippen LogP contribution in [0, 0.1) is 0 Å². The molecule has 0 radical (unpaired) electrons. The van der Waals surface area contributed by atoms with E-state index in [1.165, 1.54) is 7.11 Å². The number of hydrogen-bond donors (Lipinski definition) is 1. The third kappa shape index (κ3) is 3.29. The average Bonchev–Trinajstić information content (AvgIpc) is 3.37. The molecule has 124 valence electrons. The van der Waals surface area contributed by atoms with E-state index in [1.54, 1.807) is 4.90 Å². The Labute approximate surface area is 140 Å². The van der Waals surface area contributed by atoms with Crippen LogP contribution in [0.2, 0.25) is 5.02 Å². The first kappa shape index (κ1) is 16.1. The fourth-order valence-corrected chi connectivity index (χ4v) is 3.41. The Hall–Kier alpha value is -1.75. The summed E-state index contributed by atoms with van der Waals surface area (Å²) in [6.07, 6.45) is 2.94. The zero-order valence-corrected chi connectivity index (χ0v) is 13.9. The predicted octanol–water partition coefficient (Wildman–Crippen LogP) is 2.72. The highest BCUT2D eigenvalue weighted by Crippen LogP contribution is 2.49. The van der Waals surface area contributed by atoms with Gasteiger partial charge in [0.2, 0.25) is 5.91 Å². The van der Waals surface area contributed by atoms with E-state index in [-0.39, 0.29) is 18.0 Å². The Bertz CT molecular complexity index is 608. The van der Waals surface area contributed by atoms with Gasteiger partial charge in [0.1, 0.15) is 0 Å². The van der Waals surface area contributed by atoms with E-state index in [0.29, 0.717) is 18.1 Å². The summed E-state index contributed by atoms with van der Waals surface area (Å²) in [5.41, 5.74) is 0.583. The molecule has 0 bridgehead atoms. The lowest BCUT2D eigenvalue weighted by Crippen LogP contribution is -2.48. The van der Waals surface area contributed by atoms with Crippen LogP contribution in [0.25, 0.3) is 0 Å². The summed E-state index contributed by atoms with van der Waals surface area (Å²) in [6.45, 7) is 1.23. The molecule has 2 aliphatic rings. The molecular formula is C17H21ClN2O3. The molecule has 1 aromatic carbocycles. The lowest BCUT2D eigenvalue weighted by molar-refractivity contribution is -0.124. The molecule has 2 amide bonds. The second-order valence-electron chi connectivity index (χ2n) is 6.30. The van der Waals surface area contributed by atoms with Crippen LogP contribution in [0.3, 0.4) is 0 Å². The van der Waals surface area contributed by atoms with E-state index in [9.17, 15) is 9.59 Å². The van der Waals surface area contributed by atoms with E-state index < -0.39 is 5.41 Å². The van der Waals surface area contributed by atoms with Crippen molar-refractivity contribution in [2.45, 2.75) is 37.1 Å². The van der Waals surface area contributed by atoms with Gasteiger partial charge in [0, 0.05) is 24.2 Å². The zero-order valence-electron chi connectivity index (χ0n) is 13.2. The van der Waals surface area contributed by atoms with Crippen molar-refractivity contribution in [3.8, 4) is 0 Å². The molecule has 1 aliphatic heterocycles. The summed E-state index contributed by atoms with van der Waals surface area (Å²) in [5.74, 6) is 0.0799. The molecule has 0 spiro atoms. The standard InChI is InChI=1S/C17H21ClN2O3/c1-23-16(22)20-9-5-14(6-10-20)19-15(21)17(7-8-17)12-3-2-4-13(18)11-12/h2-4,11,14H,5-10H2,1H3,(H,19,21). The normalized spacial score (nSPS) is 20.0. The lowest BCUT2D eigenvalue weighted by atomic mass is 9.94. The number of halogens is 1. The largest absolute Gasteiger partial charge is 0.453 e. The molecule has 1 aliphatic carbocycles. The monoisotopic (exact) mass is 336 g/mol. The van der Waals surface area contributed by atoms with Gasteiger partial charge in [0.25, 0.3) is 0 Å². The van der Waals surface area contributed by atoms with Crippen molar-refractivity contribution < 1.29 is 14.3 Å². The Morgan fingerprint density at radius 3 is 2.57 bits per heavy atom. The molecule has 23 heavy (non-hydrogen) atoms. The van der Waals surface area contributed by atoms with Gasteiger partial charge in [0.05, 0.1) is 12.5 Å². The number of carbonyl (C=O) groups excluding carboxylic acids is 2. The van der Waals surface area contributed by atoms with Crippen LogP contribution in [0.1, 0.15) is 31.2 Å². The summed E-state index contributed by atoms with van der Waals surface area (Å²) in [7, 11) is 1.39. The molecule has 1 saturated carbocycles. The predicted molar refractivity (Wildman–Crippen MR) is 87.5 cm³/mol. The Balaban J connectivity index is 1.59. The molecule has 3 rings (SSSR count). The molecule has 1 N–H and O–H groups in total. The number of likely N-dealkylation sites (tertiary alicyclic amines) is 1. The third-order valence-electron chi connectivity index (χ3n) is 4.82. The van der Waals surface area contributed by atoms with Crippen LogP contribution in [0.4, 0.5) is 4.79 Å². The van der Waals surface area contributed by atoms with Gasteiger partial charge in [-0.05, 0) is 43.4 Å². The quantitative estimate of drug-likeness (QED) is 0.923. The highest BCUT2D eigenvalue weighted by Gasteiger charge is 2.51. The minimum atomic E-state index is -0.412. The van der Waals surface area contributed by atoms with Crippen LogP contribution in [-0.2, 0) is 14.9 Å². The van der Waals surface area contributed by atoms with Gasteiger partial charge in [-0.3, -0.25) is 4.79 Å². The van der Waals surface area contributed by atoms with Gasteiger partial charge in [-0.2, -0.15) is 0 Å². The highest BCUT2D eigenvalue weighted by molar-refractivity contribution is 6.30. The minimum absolute atomic E-state index is 0.0799. The number of methoxy groups -OCH3 is 1. The van der Waals surface area contributed by atoms with Crippen LogP contribution < -0.4 is 5.32 Å². The maximum absolute atomic E-state index is 12.7. The average molecular weight is 337 g/mol. The highest BCUT2D eigenvalue weighted by atomic mass is 35.5.